The molecule has 0 spiro atoms. The first-order chi connectivity index (χ1) is 11.7. The monoisotopic (exact) mass is 337 g/mol. The average molecular weight is 337 g/mol. The van der Waals surface area contributed by atoms with Crippen LogP contribution in [0.1, 0.15) is 12.1 Å². The number of thioether (sulfide) groups is 1. The van der Waals surface area contributed by atoms with Gasteiger partial charge in [-0.1, -0.05) is 36.4 Å². The van der Waals surface area contributed by atoms with E-state index in [0.29, 0.717) is 12.2 Å². The Hall–Kier alpha value is -2.53. The van der Waals surface area contributed by atoms with E-state index in [2.05, 4.69) is 22.5 Å². The molecular weight excluding hydrogens is 318 g/mol. The molecule has 1 amide bonds. The highest BCUT2D eigenvalue weighted by Crippen LogP contribution is 2.19. The van der Waals surface area contributed by atoms with E-state index in [1.165, 1.54) is 4.90 Å². The number of hydrogen-bond donors (Lipinski definition) is 1. The van der Waals surface area contributed by atoms with Gasteiger partial charge in [-0.3, -0.25) is 4.79 Å². The summed E-state index contributed by atoms with van der Waals surface area (Å²) in [6.45, 7) is 1.92. The van der Waals surface area contributed by atoms with E-state index in [1.54, 1.807) is 16.4 Å². The normalized spacial score (nSPS) is 10.5. The molecule has 4 nitrogen and oxygen atoms in total. The molecule has 0 aliphatic rings. The van der Waals surface area contributed by atoms with E-state index in [1.807, 2.05) is 61.5 Å². The van der Waals surface area contributed by atoms with Crippen LogP contribution in [0.4, 0.5) is 5.82 Å². The summed E-state index contributed by atoms with van der Waals surface area (Å²) in [7, 11) is 0. The Labute approximate surface area is 145 Å². The summed E-state index contributed by atoms with van der Waals surface area (Å²) in [6, 6.07) is 21.8. The van der Waals surface area contributed by atoms with Crippen molar-refractivity contribution in [3.63, 3.8) is 0 Å². The van der Waals surface area contributed by atoms with Crippen molar-refractivity contribution in [2.75, 3.05) is 11.1 Å². The zero-order chi connectivity index (χ0) is 16.8. The third-order valence-electron chi connectivity index (χ3n) is 3.44. The maximum Gasteiger partial charge on any atom is 0.226 e. The van der Waals surface area contributed by atoms with E-state index in [9.17, 15) is 4.79 Å². The number of amides is 1. The van der Waals surface area contributed by atoms with Crippen molar-refractivity contribution in [2.45, 2.75) is 18.2 Å². The highest BCUT2D eigenvalue weighted by molar-refractivity contribution is 7.99. The molecule has 122 valence electrons. The number of hydrogen-bond acceptors (Lipinski definition) is 3. The lowest BCUT2D eigenvalue weighted by molar-refractivity contribution is -0.115. The van der Waals surface area contributed by atoms with Gasteiger partial charge in [-0.05, 0) is 31.2 Å². The van der Waals surface area contributed by atoms with E-state index in [4.69, 9.17) is 0 Å². The van der Waals surface area contributed by atoms with Gasteiger partial charge in [-0.25, -0.2) is 4.68 Å². The summed E-state index contributed by atoms with van der Waals surface area (Å²) >= 11 is 1.68. The lowest BCUT2D eigenvalue weighted by atomic mass is 10.3. The molecule has 1 aromatic heterocycles. The number of aromatic nitrogens is 2. The van der Waals surface area contributed by atoms with Crippen molar-refractivity contribution in [3.05, 3.63) is 72.4 Å². The molecule has 0 aliphatic heterocycles. The van der Waals surface area contributed by atoms with Crippen LogP contribution >= 0.6 is 11.8 Å². The summed E-state index contributed by atoms with van der Waals surface area (Å²) in [4.78, 5) is 13.4. The number of nitrogens with one attached hydrogen (secondary N) is 1. The lowest BCUT2D eigenvalue weighted by Gasteiger charge is -2.08. The minimum Gasteiger partial charge on any atom is -0.311 e. The first-order valence-corrected chi connectivity index (χ1v) is 8.81. The number of carbonyl (C=O) groups is 1. The van der Waals surface area contributed by atoms with Crippen LogP contribution in [0.3, 0.4) is 0 Å². The molecule has 3 rings (SSSR count). The molecule has 1 N–H and O–H groups in total. The van der Waals surface area contributed by atoms with Crippen molar-refractivity contribution < 1.29 is 4.79 Å². The van der Waals surface area contributed by atoms with Crippen LogP contribution in [0.5, 0.6) is 0 Å². The smallest absolute Gasteiger partial charge is 0.226 e. The molecule has 0 radical (unpaired) electrons. The summed E-state index contributed by atoms with van der Waals surface area (Å²) in [5.41, 5.74) is 1.80. The van der Waals surface area contributed by atoms with Crippen LogP contribution in [0.15, 0.2) is 71.6 Å². The molecule has 1 heterocycles. The van der Waals surface area contributed by atoms with Gasteiger partial charge in [0.05, 0.1) is 11.4 Å². The number of rotatable bonds is 6. The Balaban J connectivity index is 1.61. The molecule has 0 saturated carbocycles. The van der Waals surface area contributed by atoms with Gasteiger partial charge in [-0.2, -0.15) is 5.10 Å². The molecule has 0 bridgehead atoms. The van der Waals surface area contributed by atoms with Crippen LogP contribution in [0.25, 0.3) is 5.69 Å². The van der Waals surface area contributed by atoms with E-state index in [-0.39, 0.29) is 5.91 Å². The van der Waals surface area contributed by atoms with Crippen molar-refractivity contribution >= 4 is 23.5 Å². The van der Waals surface area contributed by atoms with Crippen molar-refractivity contribution in [2.24, 2.45) is 0 Å². The van der Waals surface area contributed by atoms with Crippen LogP contribution in [-0.2, 0) is 4.79 Å². The second kappa shape index (κ2) is 7.84. The fourth-order valence-corrected chi connectivity index (χ4v) is 3.21. The van der Waals surface area contributed by atoms with Gasteiger partial charge in [0, 0.05) is 23.1 Å². The molecule has 0 saturated heterocycles. The van der Waals surface area contributed by atoms with Crippen molar-refractivity contribution in [3.8, 4) is 5.69 Å². The fourth-order valence-electron chi connectivity index (χ4n) is 2.34. The Morgan fingerprint density at radius 3 is 2.46 bits per heavy atom. The number of carbonyl (C=O) groups excluding carboxylic acids is 1. The molecule has 0 unspecified atom stereocenters. The summed E-state index contributed by atoms with van der Waals surface area (Å²) in [5, 5.41) is 7.42. The molecule has 0 fully saturated rings. The zero-order valence-electron chi connectivity index (χ0n) is 13.5. The molecule has 0 aliphatic carbocycles. The SMILES string of the molecule is Cc1cc(NC(=O)CCSc2ccccc2)n(-c2ccccc2)n1. The highest BCUT2D eigenvalue weighted by Gasteiger charge is 2.10. The van der Waals surface area contributed by atoms with E-state index < -0.39 is 0 Å². The van der Waals surface area contributed by atoms with E-state index in [0.717, 1.165) is 17.1 Å². The van der Waals surface area contributed by atoms with Crippen molar-refractivity contribution in [1.82, 2.24) is 9.78 Å². The highest BCUT2D eigenvalue weighted by atomic mass is 32.2. The lowest BCUT2D eigenvalue weighted by Crippen LogP contribution is -2.15. The van der Waals surface area contributed by atoms with Crippen LogP contribution in [0, 0.1) is 6.92 Å². The number of benzene rings is 2. The third-order valence-corrected chi connectivity index (χ3v) is 4.45. The Morgan fingerprint density at radius 1 is 1.08 bits per heavy atom. The topological polar surface area (TPSA) is 46.9 Å². The number of nitrogens with zero attached hydrogens (tertiary/aromatic N) is 2. The second-order valence-electron chi connectivity index (χ2n) is 5.38. The molecule has 2 aromatic carbocycles. The van der Waals surface area contributed by atoms with Crippen LogP contribution < -0.4 is 5.32 Å². The van der Waals surface area contributed by atoms with Crippen LogP contribution in [-0.4, -0.2) is 21.4 Å². The largest absolute Gasteiger partial charge is 0.311 e. The van der Waals surface area contributed by atoms with Crippen molar-refractivity contribution in [1.29, 1.82) is 0 Å². The van der Waals surface area contributed by atoms with Gasteiger partial charge in [0.25, 0.3) is 0 Å². The molecular formula is C19H19N3OS. The van der Waals surface area contributed by atoms with Gasteiger partial charge in [-0.15, -0.1) is 11.8 Å². The standard InChI is InChI=1S/C19H19N3OS/c1-15-14-18(22(21-15)16-8-4-2-5-9-16)20-19(23)12-13-24-17-10-6-3-7-11-17/h2-11,14H,12-13H2,1H3,(H,20,23). The second-order valence-corrected chi connectivity index (χ2v) is 6.55. The molecule has 24 heavy (non-hydrogen) atoms. The molecule has 0 atom stereocenters. The Kier molecular flexibility index (Phi) is 5.33. The average Bonchev–Trinajstić information content (AvgIpc) is 2.97. The van der Waals surface area contributed by atoms with Gasteiger partial charge >= 0.3 is 0 Å². The summed E-state index contributed by atoms with van der Waals surface area (Å²) < 4.78 is 1.76. The predicted octanol–water partition coefficient (Wildman–Crippen LogP) is 4.30. The van der Waals surface area contributed by atoms with Gasteiger partial charge in [0.1, 0.15) is 5.82 Å². The third kappa shape index (κ3) is 4.26. The van der Waals surface area contributed by atoms with Gasteiger partial charge < -0.3 is 5.32 Å². The Morgan fingerprint density at radius 2 is 1.75 bits per heavy atom. The minimum atomic E-state index is -0.00416. The van der Waals surface area contributed by atoms with E-state index >= 15 is 0 Å². The summed E-state index contributed by atoms with van der Waals surface area (Å²) in [5.74, 6) is 1.44. The molecule has 5 heteroatoms. The van der Waals surface area contributed by atoms with Gasteiger partial charge in [0.2, 0.25) is 5.91 Å². The zero-order valence-corrected chi connectivity index (χ0v) is 14.3. The first kappa shape index (κ1) is 16.3. The maximum atomic E-state index is 12.2. The van der Waals surface area contributed by atoms with Crippen LogP contribution in [0.2, 0.25) is 0 Å². The number of aryl methyl sites for hydroxylation is 1. The number of anilines is 1. The minimum absolute atomic E-state index is 0.00416. The predicted molar refractivity (Wildman–Crippen MR) is 98.7 cm³/mol. The number of para-hydroxylation sites is 1. The summed E-state index contributed by atoms with van der Waals surface area (Å²) in [6.07, 6.45) is 0.457. The maximum absolute atomic E-state index is 12.2. The quantitative estimate of drug-likeness (QED) is 0.682. The fraction of sp³-hybridized carbons (Fsp3) is 0.158. The van der Waals surface area contributed by atoms with Gasteiger partial charge in [0.15, 0.2) is 0 Å². The molecule has 3 aromatic rings. The Bertz CT molecular complexity index is 800. The first-order valence-electron chi connectivity index (χ1n) is 7.82.